The number of nitrogens with zero attached hydrogens (tertiary/aromatic N) is 1. The van der Waals surface area contributed by atoms with Gasteiger partial charge >= 0.3 is 0 Å². The Bertz CT molecular complexity index is 760. The van der Waals surface area contributed by atoms with Crippen LogP contribution in [0.4, 0.5) is 11.4 Å². The minimum Gasteiger partial charge on any atom is -0.326 e. The standard InChI is InChI=1S/C18H17ClN2O2/c1-12-4-2-6-15(8-12)20-18(23)13-9-17(22)21(11-13)16-7-3-5-14(19)10-16/h2-8,10,13H,9,11H2,1H3,(H,20,23). The molecule has 1 aliphatic rings. The third-order valence-electron chi connectivity index (χ3n) is 3.90. The molecule has 1 saturated heterocycles. The minimum absolute atomic E-state index is 0.0586. The van der Waals surface area contributed by atoms with Gasteiger partial charge in [-0.2, -0.15) is 0 Å². The van der Waals surface area contributed by atoms with Gasteiger partial charge in [0.1, 0.15) is 0 Å². The van der Waals surface area contributed by atoms with Crippen molar-refractivity contribution in [2.45, 2.75) is 13.3 Å². The first-order chi connectivity index (χ1) is 11.0. The molecule has 3 rings (SSSR count). The summed E-state index contributed by atoms with van der Waals surface area (Å²) in [4.78, 5) is 26.2. The van der Waals surface area contributed by atoms with Crippen molar-refractivity contribution in [3.8, 4) is 0 Å². The van der Waals surface area contributed by atoms with Crippen LogP contribution in [-0.4, -0.2) is 18.4 Å². The lowest BCUT2D eigenvalue weighted by Crippen LogP contribution is -2.28. The first-order valence-electron chi connectivity index (χ1n) is 7.46. The van der Waals surface area contributed by atoms with E-state index in [2.05, 4.69) is 5.32 Å². The highest BCUT2D eigenvalue weighted by atomic mass is 35.5. The lowest BCUT2D eigenvalue weighted by molar-refractivity contribution is -0.122. The number of anilines is 2. The molecule has 1 aliphatic heterocycles. The van der Waals surface area contributed by atoms with Crippen molar-refractivity contribution in [1.29, 1.82) is 0 Å². The van der Waals surface area contributed by atoms with Crippen LogP contribution in [0.3, 0.4) is 0 Å². The van der Waals surface area contributed by atoms with Gasteiger partial charge in [-0.1, -0.05) is 29.8 Å². The maximum atomic E-state index is 12.4. The number of halogens is 1. The van der Waals surface area contributed by atoms with E-state index in [-0.39, 0.29) is 24.2 Å². The van der Waals surface area contributed by atoms with Crippen LogP contribution < -0.4 is 10.2 Å². The maximum Gasteiger partial charge on any atom is 0.229 e. The minimum atomic E-state index is -0.359. The van der Waals surface area contributed by atoms with E-state index in [1.54, 1.807) is 23.1 Å². The third kappa shape index (κ3) is 3.54. The van der Waals surface area contributed by atoms with Crippen LogP contribution in [0.5, 0.6) is 0 Å². The van der Waals surface area contributed by atoms with E-state index < -0.39 is 0 Å². The predicted molar refractivity (Wildman–Crippen MR) is 91.7 cm³/mol. The zero-order valence-electron chi connectivity index (χ0n) is 12.8. The Hall–Kier alpha value is -2.33. The molecule has 0 spiro atoms. The molecule has 2 amide bonds. The van der Waals surface area contributed by atoms with Crippen molar-refractivity contribution >= 4 is 34.8 Å². The molecule has 23 heavy (non-hydrogen) atoms. The fourth-order valence-corrected chi connectivity index (χ4v) is 2.93. The predicted octanol–water partition coefficient (Wildman–Crippen LogP) is 3.64. The molecule has 0 radical (unpaired) electrons. The summed E-state index contributed by atoms with van der Waals surface area (Å²) < 4.78 is 0. The second-order valence-corrected chi connectivity index (χ2v) is 6.18. The molecule has 5 heteroatoms. The number of hydrogen-bond acceptors (Lipinski definition) is 2. The van der Waals surface area contributed by atoms with Gasteiger partial charge in [-0.3, -0.25) is 9.59 Å². The van der Waals surface area contributed by atoms with Crippen LogP contribution in [0.1, 0.15) is 12.0 Å². The van der Waals surface area contributed by atoms with E-state index in [9.17, 15) is 9.59 Å². The molecule has 1 atom stereocenters. The Kier molecular flexibility index (Phi) is 4.35. The Morgan fingerprint density at radius 3 is 2.74 bits per heavy atom. The summed E-state index contributed by atoms with van der Waals surface area (Å²) in [6.45, 7) is 2.34. The summed E-state index contributed by atoms with van der Waals surface area (Å²) >= 11 is 5.97. The molecule has 1 fully saturated rings. The highest BCUT2D eigenvalue weighted by Gasteiger charge is 2.35. The van der Waals surface area contributed by atoms with E-state index in [1.165, 1.54) is 0 Å². The van der Waals surface area contributed by atoms with Gasteiger partial charge in [-0.05, 0) is 42.8 Å². The lowest BCUT2D eigenvalue weighted by atomic mass is 10.1. The van der Waals surface area contributed by atoms with Gasteiger partial charge in [-0.25, -0.2) is 0 Å². The molecule has 118 valence electrons. The summed E-state index contributed by atoms with van der Waals surface area (Å²) in [5.74, 6) is -0.549. The van der Waals surface area contributed by atoms with Crippen molar-refractivity contribution in [3.05, 3.63) is 59.1 Å². The number of amides is 2. The third-order valence-corrected chi connectivity index (χ3v) is 4.14. The Balaban J connectivity index is 1.70. The molecule has 2 aromatic rings. The average Bonchev–Trinajstić information content (AvgIpc) is 2.89. The lowest BCUT2D eigenvalue weighted by Gasteiger charge is -2.17. The SMILES string of the molecule is Cc1cccc(NC(=O)C2CC(=O)N(c3cccc(Cl)c3)C2)c1. The van der Waals surface area contributed by atoms with Crippen LogP contribution in [0.15, 0.2) is 48.5 Å². The summed E-state index contributed by atoms with van der Waals surface area (Å²) in [6.07, 6.45) is 0.212. The summed E-state index contributed by atoms with van der Waals surface area (Å²) in [6, 6.07) is 14.7. The first-order valence-corrected chi connectivity index (χ1v) is 7.84. The maximum absolute atomic E-state index is 12.4. The topological polar surface area (TPSA) is 49.4 Å². The van der Waals surface area contributed by atoms with Crippen LogP contribution >= 0.6 is 11.6 Å². The Labute approximate surface area is 140 Å². The molecule has 1 unspecified atom stereocenters. The van der Waals surface area contributed by atoms with Crippen molar-refractivity contribution in [1.82, 2.24) is 0 Å². The molecule has 2 aromatic carbocycles. The largest absolute Gasteiger partial charge is 0.326 e. The number of carbonyl (C=O) groups is 2. The van der Waals surface area contributed by atoms with E-state index in [4.69, 9.17) is 11.6 Å². The molecule has 4 nitrogen and oxygen atoms in total. The molecule has 0 bridgehead atoms. The highest BCUT2D eigenvalue weighted by Crippen LogP contribution is 2.27. The molecule has 1 N–H and O–H groups in total. The zero-order chi connectivity index (χ0) is 16.4. The van der Waals surface area contributed by atoms with Gasteiger partial charge < -0.3 is 10.2 Å². The summed E-state index contributed by atoms with van der Waals surface area (Å²) in [5.41, 5.74) is 2.56. The van der Waals surface area contributed by atoms with Crippen molar-refractivity contribution < 1.29 is 9.59 Å². The number of carbonyl (C=O) groups excluding carboxylic acids is 2. The summed E-state index contributed by atoms with van der Waals surface area (Å²) in [7, 11) is 0. The van der Waals surface area contributed by atoms with Gasteiger partial charge in [-0.15, -0.1) is 0 Å². The van der Waals surface area contributed by atoms with Gasteiger partial charge in [0.25, 0.3) is 0 Å². The number of benzene rings is 2. The Morgan fingerprint density at radius 1 is 1.22 bits per heavy atom. The van der Waals surface area contributed by atoms with E-state index in [0.29, 0.717) is 11.6 Å². The monoisotopic (exact) mass is 328 g/mol. The molecule has 0 aliphatic carbocycles. The zero-order valence-corrected chi connectivity index (χ0v) is 13.5. The van der Waals surface area contributed by atoms with Crippen molar-refractivity contribution in [3.63, 3.8) is 0 Å². The quantitative estimate of drug-likeness (QED) is 0.935. The number of aryl methyl sites for hydroxylation is 1. The van der Waals surface area contributed by atoms with Crippen LogP contribution in [0.25, 0.3) is 0 Å². The van der Waals surface area contributed by atoms with Crippen molar-refractivity contribution in [2.75, 3.05) is 16.8 Å². The normalized spacial score (nSPS) is 17.4. The number of rotatable bonds is 3. The van der Waals surface area contributed by atoms with E-state index in [1.807, 2.05) is 37.3 Å². The fraction of sp³-hybridized carbons (Fsp3) is 0.222. The highest BCUT2D eigenvalue weighted by molar-refractivity contribution is 6.31. The van der Waals surface area contributed by atoms with Gasteiger partial charge in [0.15, 0.2) is 0 Å². The number of nitrogens with one attached hydrogen (secondary N) is 1. The smallest absolute Gasteiger partial charge is 0.229 e. The van der Waals surface area contributed by atoms with Crippen LogP contribution in [0.2, 0.25) is 5.02 Å². The second kappa shape index (κ2) is 6.42. The molecule has 1 heterocycles. The van der Waals surface area contributed by atoms with Crippen molar-refractivity contribution in [2.24, 2.45) is 5.92 Å². The molecular weight excluding hydrogens is 312 g/mol. The van der Waals surface area contributed by atoms with E-state index in [0.717, 1.165) is 16.9 Å². The second-order valence-electron chi connectivity index (χ2n) is 5.74. The fourth-order valence-electron chi connectivity index (χ4n) is 2.74. The van der Waals surface area contributed by atoms with Crippen LogP contribution in [0, 0.1) is 12.8 Å². The van der Waals surface area contributed by atoms with Gasteiger partial charge in [0.2, 0.25) is 11.8 Å². The summed E-state index contributed by atoms with van der Waals surface area (Å²) in [5, 5.41) is 3.46. The average molecular weight is 329 g/mol. The Morgan fingerprint density at radius 2 is 2.00 bits per heavy atom. The van der Waals surface area contributed by atoms with Crippen LogP contribution in [-0.2, 0) is 9.59 Å². The number of hydrogen-bond donors (Lipinski definition) is 1. The molecule has 0 saturated carbocycles. The van der Waals surface area contributed by atoms with Gasteiger partial charge in [0.05, 0.1) is 5.92 Å². The van der Waals surface area contributed by atoms with E-state index >= 15 is 0 Å². The van der Waals surface area contributed by atoms with Gasteiger partial charge in [0, 0.05) is 29.4 Å². The first kappa shape index (κ1) is 15.6. The molecular formula is C18H17ClN2O2. The molecule has 0 aromatic heterocycles.